The van der Waals surface area contributed by atoms with E-state index in [4.69, 9.17) is 12.2 Å². The van der Waals surface area contributed by atoms with E-state index in [1.165, 1.54) is 0 Å². The Bertz CT molecular complexity index is 725. The second-order valence-electron chi connectivity index (χ2n) is 5.38. The summed E-state index contributed by atoms with van der Waals surface area (Å²) in [4.78, 5) is 3.13. The number of para-hydroxylation sites is 1. The summed E-state index contributed by atoms with van der Waals surface area (Å²) in [7, 11) is 0. The maximum absolute atomic E-state index is 10.4. The Balaban J connectivity index is 2.18. The predicted octanol–water partition coefficient (Wildman–Crippen LogP) is 3.44. The van der Waals surface area contributed by atoms with Crippen molar-refractivity contribution < 1.29 is 5.11 Å². The van der Waals surface area contributed by atoms with E-state index in [1.807, 2.05) is 16.7 Å². The number of nitrogens with one attached hydrogen (secondary N) is 1. The van der Waals surface area contributed by atoms with Gasteiger partial charge in [0.1, 0.15) is 6.07 Å². The Morgan fingerprint density at radius 2 is 2.10 bits per heavy atom. The van der Waals surface area contributed by atoms with Gasteiger partial charge in [0.2, 0.25) is 0 Å². The lowest BCUT2D eigenvalue weighted by Crippen LogP contribution is -2.23. The van der Waals surface area contributed by atoms with E-state index in [9.17, 15) is 10.4 Å². The van der Waals surface area contributed by atoms with Gasteiger partial charge >= 0.3 is 0 Å². The molecule has 1 aliphatic rings. The number of imidazole rings is 1. The average Bonchev–Trinajstić information content (AvgIpc) is 2.63. The fourth-order valence-corrected chi connectivity index (χ4v) is 3.48. The number of benzene rings is 1. The molecule has 0 bridgehead atoms. The Morgan fingerprint density at radius 3 is 2.90 bits per heavy atom. The molecule has 2 atom stereocenters. The van der Waals surface area contributed by atoms with E-state index < -0.39 is 0 Å². The van der Waals surface area contributed by atoms with Crippen LogP contribution in [-0.4, -0.2) is 20.8 Å². The molecule has 1 heterocycles. The van der Waals surface area contributed by atoms with Crippen LogP contribution in [0.4, 0.5) is 0 Å². The van der Waals surface area contributed by atoms with Gasteiger partial charge in [-0.3, -0.25) is 0 Å². The Morgan fingerprint density at radius 1 is 1.30 bits per heavy atom. The first-order valence-corrected chi connectivity index (χ1v) is 7.44. The summed E-state index contributed by atoms with van der Waals surface area (Å²) < 4.78 is 2.59. The Labute approximate surface area is 122 Å². The number of fused-ring (bicyclic) bond motifs is 1. The summed E-state index contributed by atoms with van der Waals surface area (Å²) in [5, 5.41) is 19.6. The molecule has 0 radical (unpaired) electrons. The van der Waals surface area contributed by atoms with Crippen LogP contribution in [0.2, 0.25) is 0 Å². The van der Waals surface area contributed by atoms with E-state index >= 15 is 0 Å². The minimum atomic E-state index is -0.367. The normalized spacial score (nSPS) is 23.4. The van der Waals surface area contributed by atoms with E-state index in [0.29, 0.717) is 10.3 Å². The van der Waals surface area contributed by atoms with Gasteiger partial charge in [0.25, 0.3) is 0 Å². The zero-order valence-electron chi connectivity index (χ0n) is 11.2. The number of nitriles is 1. The smallest absolute Gasteiger partial charge is 0.178 e. The third-order valence-electron chi connectivity index (χ3n) is 4.15. The number of nitrogens with zero attached hydrogens (tertiary/aromatic N) is 2. The number of aromatic nitrogens is 2. The number of hydrogen-bond acceptors (Lipinski definition) is 3. The van der Waals surface area contributed by atoms with Crippen molar-refractivity contribution in [2.24, 2.45) is 0 Å². The average molecular weight is 287 g/mol. The number of aliphatic hydroxyl groups excluding tert-OH is 1. The number of aliphatic hydroxyl groups is 1. The summed E-state index contributed by atoms with van der Waals surface area (Å²) in [6.07, 6.45) is 4.71. The van der Waals surface area contributed by atoms with Crippen molar-refractivity contribution in [1.82, 2.24) is 9.55 Å². The lowest BCUT2D eigenvalue weighted by molar-refractivity contribution is 0.107. The number of rotatable bonds is 1. The summed E-state index contributed by atoms with van der Waals surface area (Å²) in [5.74, 6) is 0. The molecule has 5 heteroatoms. The van der Waals surface area contributed by atoms with Gasteiger partial charge in [-0.15, -0.1) is 0 Å². The predicted molar refractivity (Wildman–Crippen MR) is 80.0 cm³/mol. The molecule has 20 heavy (non-hydrogen) atoms. The maximum atomic E-state index is 10.4. The summed E-state index contributed by atoms with van der Waals surface area (Å²) in [5.41, 5.74) is 2.28. The number of aromatic amines is 1. The van der Waals surface area contributed by atoms with E-state index in [2.05, 4.69) is 11.1 Å². The Hall–Kier alpha value is -1.64. The molecule has 1 saturated carbocycles. The molecule has 0 spiro atoms. The highest BCUT2D eigenvalue weighted by molar-refractivity contribution is 7.71. The zero-order valence-corrected chi connectivity index (χ0v) is 12.0. The molecular formula is C15H17N3OS. The molecule has 2 aromatic rings. The first-order valence-electron chi connectivity index (χ1n) is 7.04. The van der Waals surface area contributed by atoms with Crippen molar-refractivity contribution in [2.75, 3.05) is 0 Å². The van der Waals surface area contributed by atoms with E-state index in [-0.39, 0.29) is 12.1 Å². The third-order valence-corrected chi connectivity index (χ3v) is 4.45. The van der Waals surface area contributed by atoms with Gasteiger partial charge in [0.05, 0.1) is 28.7 Å². The third kappa shape index (κ3) is 2.15. The molecule has 0 saturated heterocycles. The van der Waals surface area contributed by atoms with Crippen LogP contribution in [0, 0.1) is 16.1 Å². The molecule has 0 aliphatic heterocycles. The highest BCUT2D eigenvalue weighted by atomic mass is 32.1. The summed E-state index contributed by atoms with van der Waals surface area (Å²) in [6, 6.07) is 7.79. The van der Waals surface area contributed by atoms with Crippen molar-refractivity contribution in [3.63, 3.8) is 0 Å². The van der Waals surface area contributed by atoms with Gasteiger partial charge in [0.15, 0.2) is 4.77 Å². The van der Waals surface area contributed by atoms with Gasteiger partial charge in [-0.1, -0.05) is 25.3 Å². The molecular weight excluding hydrogens is 270 g/mol. The first kappa shape index (κ1) is 13.3. The second-order valence-corrected chi connectivity index (χ2v) is 5.77. The zero-order chi connectivity index (χ0) is 14.1. The minimum Gasteiger partial charge on any atom is -0.391 e. The molecule has 3 rings (SSSR count). The lowest BCUT2D eigenvalue weighted by atomic mass is 10.1. The molecule has 1 aliphatic carbocycles. The van der Waals surface area contributed by atoms with Gasteiger partial charge in [-0.05, 0) is 37.2 Å². The van der Waals surface area contributed by atoms with Crippen LogP contribution in [0.5, 0.6) is 0 Å². The van der Waals surface area contributed by atoms with Gasteiger partial charge in [0, 0.05) is 0 Å². The van der Waals surface area contributed by atoms with Crippen LogP contribution in [0.1, 0.15) is 43.7 Å². The van der Waals surface area contributed by atoms with Crippen LogP contribution in [0.15, 0.2) is 18.2 Å². The number of hydrogen-bond donors (Lipinski definition) is 2. The highest BCUT2D eigenvalue weighted by Crippen LogP contribution is 2.31. The van der Waals surface area contributed by atoms with Crippen molar-refractivity contribution in [1.29, 1.82) is 5.26 Å². The van der Waals surface area contributed by atoms with Crippen LogP contribution in [0.3, 0.4) is 0 Å². The fraction of sp³-hybridized carbons (Fsp3) is 0.467. The quantitative estimate of drug-likeness (QED) is 0.624. The van der Waals surface area contributed by atoms with Crippen molar-refractivity contribution in [2.45, 2.75) is 44.2 Å². The molecule has 1 aromatic heterocycles. The minimum absolute atomic E-state index is 0.00712. The Kier molecular flexibility index (Phi) is 3.60. The summed E-state index contributed by atoms with van der Waals surface area (Å²) >= 11 is 5.43. The molecule has 1 aromatic carbocycles. The molecule has 104 valence electrons. The van der Waals surface area contributed by atoms with Crippen LogP contribution < -0.4 is 0 Å². The lowest BCUT2D eigenvalue weighted by Gasteiger charge is -2.22. The van der Waals surface area contributed by atoms with Crippen molar-refractivity contribution in [3.8, 4) is 6.07 Å². The fourth-order valence-electron chi connectivity index (χ4n) is 3.14. The highest BCUT2D eigenvalue weighted by Gasteiger charge is 2.25. The van der Waals surface area contributed by atoms with Gasteiger partial charge < -0.3 is 14.7 Å². The summed E-state index contributed by atoms with van der Waals surface area (Å²) in [6.45, 7) is 0. The standard InChI is InChI=1S/C15H17N3OS/c16-9-10-5-4-7-12-14(10)17-15(20)18(12)11-6-2-1-3-8-13(11)19/h4-5,7,11,13,19H,1-3,6,8H2,(H,17,20). The van der Waals surface area contributed by atoms with Crippen LogP contribution in [-0.2, 0) is 0 Å². The van der Waals surface area contributed by atoms with Crippen molar-refractivity contribution >= 4 is 23.3 Å². The van der Waals surface area contributed by atoms with Crippen LogP contribution in [0.25, 0.3) is 11.0 Å². The second kappa shape index (κ2) is 5.39. The molecule has 1 fully saturated rings. The monoisotopic (exact) mass is 287 g/mol. The maximum Gasteiger partial charge on any atom is 0.178 e. The van der Waals surface area contributed by atoms with Gasteiger partial charge in [-0.2, -0.15) is 5.26 Å². The SMILES string of the molecule is N#Cc1cccc2c1[nH]c(=S)n2C1CCCCCC1O. The van der Waals surface area contributed by atoms with E-state index in [1.54, 1.807) is 6.07 Å². The van der Waals surface area contributed by atoms with Crippen molar-refractivity contribution in [3.05, 3.63) is 28.5 Å². The largest absolute Gasteiger partial charge is 0.391 e. The van der Waals surface area contributed by atoms with E-state index in [0.717, 1.165) is 43.1 Å². The molecule has 0 amide bonds. The van der Waals surface area contributed by atoms with Gasteiger partial charge in [-0.25, -0.2) is 0 Å². The number of H-pyrrole nitrogens is 1. The van der Waals surface area contributed by atoms with Crippen LogP contribution >= 0.6 is 12.2 Å². The molecule has 2 unspecified atom stereocenters. The first-order chi connectivity index (χ1) is 9.72. The molecule has 2 N–H and O–H groups in total. The topological polar surface area (TPSA) is 64.7 Å². The molecule has 4 nitrogen and oxygen atoms in total.